The Morgan fingerprint density at radius 2 is 1.91 bits per heavy atom. The number of pyridine rings is 1. The minimum atomic E-state index is -0.902. The van der Waals surface area contributed by atoms with Crippen LogP contribution in [0.3, 0.4) is 0 Å². The Balaban J connectivity index is 1.89. The lowest BCUT2D eigenvalue weighted by Gasteiger charge is -2.25. The van der Waals surface area contributed by atoms with Crippen molar-refractivity contribution in [1.29, 1.82) is 0 Å². The fourth-order valence-electron chi connectivity index (χ4n) is 3.71. The molecule has 0 spiro atoms. The van der Waals surface area contributed by atoms with E-state index >= 15 is 0 Å². The summed E-state index contributed by atoms with van der Waals surface area (Å²) in [5, 5.41) is 21.5. The molecular formula is C24H19ClN2O5. The Hall–Kier alpha value is -3.84. The van der Waals surface area contributed by atoms with Crippen LogP contribution in [0.4, 0.5) is 0 Å². The van der Waals surface area contributed by atoms with Crippen molar-refractivity contribution in [2.75, 3.05) is 7.11 Å². The average molecular weight is 451 g/mol. The number of aromatic nitrogens is 1. The molecule has 1 saturated heterocycles. The Morgan fingerprint density at radius 1 is 1.16 bits per heavy atom. The van der Waals surface area contributed by atoms with Crippen LogP contribution in [-0.4, -0.2) is 38.9 Å². The van der Waals surface area contributed by atoms with Crippen LogP contribution in [0, 0.1) is 0 Å². The number of aliphatic hydroxyl groups is 1. The summed E-state index contributed by atoms with van der Waals surface area (Å²) >= 11 is 5.94. The second kappa shape index (κ2) is 8.72. The number of hydrogen-bond acceptors (Lipinski definition) is 6. The minimum absolute atomic E-state index is 0.0612. The van der Waals surface area contributed by atoms with E-state index in [2.05, 4.69) is 4.98 Å². The molecule has 2 aromatic carbocycles. The van der Waals surface area contributed by atoms with Gasteiger partial charge >= 0.3 is 0 Å². The monoisotopic (exact) mass is 450 g/mol. The number of aliphatic hydroxyl groups excluding tert-OH is 1. The molecule has 1 unspecified atom stereocenters. The van der Waals surface area contributed by atoms with E-state index in [1.165, 1.54) is 24.1 Å². The molecule has 162 valence electrons. The van der Waals surface area contributed by atoms with Gasteiger partial charge in [-0.25, -0.2) is 0 Å². The number of carbonyl (C=O) groups excluding carboxylic acids is 2. The molecule has 0 radical (unpaired) electrons. The summed E-state index contributed by atoms with van der Waals surface area (Å²) in [6.45, 7) is 0.101. The largest absolute Gasteiger partial charge is 0.507 e. The van der Waals surface area contributed by atoms with E-state index in [1.54, 1.807) is 54.9 Å². The van der Waals surface area contributed by atoms with Gasteiger partial charge in [0.2, 0.25) is 0 Å². The highest BCUT2D eigenvalue weighted by atomic mass is 35.5. The van der Waals surface area contributed by atoms with Gasteiger partial charge < -0.3 is 19.8 Å². The second-order valence-electron chi connectivity index (χ2n) is 7.23. The zero-order valence-electron chi connectivity index (χ0n) is 17.0. The number of ketones is 1. The molecule has 1 fully saturated rings. The number of rotatable bonds is 5. The lowest BCUT2D eigenvalue weighted by atomic mass is 9.95. The number of phenolic OH excluding ortho intramolecular Hbond substituents is 1. The van der Waals surface area contributed by atoms with Crippen LogP contribution in [0.25, 0.3) is 5.76 Å². The zero-order chi connectivity index (χ0) is 22.8. The third-order valence-corrected chi connectivity index (χ3v) is 5.50. The highest BCUT2D eigenvalue weighted by molar-refractivity contribution is 6.46. The zero-order valence-corrected chi connectivity index (χ0v) is 17.8. The molecule has 3 aromatic rings. The minimum Gasteiger partial charge on any atom is -0.507 e. The molecular weight excluding hydrogens is 432 g/mol. The van der Waals surface area contributed by atoms with Gasteiger partial charge in [0, 0.05) is 29.5 Å². The van der Waals surface area contributed by atoms with Crippen molar-refractivity contribution in [1.82, 2.24) is 9.88 Å². The van der Waals surface area contributed by atoms with Crippen LogP contribution < -0.4 is 4.74 Å². The molecule has 2 N–H and O–H groups in total. The number of methoxy groups -OCH3 is 1. The molecule has 1 aliphatic heterocycles. The van der Waals surface area contributed by atoms with Crippen LogP contribution in [0.1, 0.15) is 22.7 Å². The smallest absolute Gasteiger partial charge is 0.295 e. The molecule has 7 nitrogen and oxygen atoms in total. The highest BCUT2D eigenvalue weighted by Crippen LogP contribution is 2.42. The van der Waals surface area contributed by atoms with Gasteiger partial charge in [-0.05, 0) is 53.6 Å². The van der Waals surface area contributed by atoms with E-state index in [0.29, 0.717) is 16.1 Å². The summed E-state index contributed by atoms with van der Waals surface area (Å²) in [7, 11) is 1.40. The number of amides is 1. The SMILES string of the molecule is COc1cc(C2/C(=C(\O)c3ccc(Cl)cc3)C(=O)C(=O)N2Cc2cccnc2)ccc1O. The summed E-state index contributed by atoms with van der Waals surface area (Å²) in [5.74, 6) is -1.77. The molecule has 1 aromatic heterocycles. The summed E-state index contributed by atoms with van der Waals surface area (Å²) in [4.78, 5) is 31.5. The van der Waals surface area contributed by atoms with Gasteiger partial charge in [-0.15, -0.1) is 0 Å². The number of nitrogens with zero attached hydrogens (tertiary/aromatic N) is 2. The number of phenols is 1. The number of benzene rings is 2. The van der Waals surface area contributed by atoms with Gasteiger partial charge in [-0.3, -0.25) is 14.6 Å². The van der Waals surface area contributed by atoms with Crippen molar-refractivity contribution in [3.05, 3.63) is 94.3 Å². The molecule has 1 amide bonds. The van der Waals surface area contributed by atoms with Gasteiger partial charge in [0.05, 0.1) is 18.7 Å². The maximum atomic E-state index is 13.1. The number of halogens is 1. The van der Waals surface area contributed by atoms with Crippen molar-refractivity contribution in [3.8, 4) is 11.5 Å². The van der Waals surface area contributed by atoms with Gasteiger partial charge in [0.25, 0.3) is 11.7 Å². The molecule has 0 saturated carbocycles. The van der Waals surface area contributed by atoms with E-state index in [9.17, 15) is 19.8 Å². The number of likely N-dealkylation sites (tertiary alicyclic amines) is 1. The fourth-order valence-corrected chi connectivity index (χ4v) is 3.83. The summed E-state index contributed by atoms with van der Waals surface area (Å²) in [6, 6.07) is 13.5. The number of carbonyl (C=O) groups is 2. The first kappa shape index (κ1) is 21.4. The molecule has 1 atom stereocenters. The Labute approximate surface area is 189 Å². The van der Waals surface area contributed by atoms with Gasteiger partial charge in [-0.1, -0.05) is 23.7 Å². The van der Waals surface area contributed by atoms with Crippen LogP contribution in [0.2, 0.25) is 5.02 Å². The number of Topliss-reactive ketones (excluding diaryl/α,β-unsaturated/α-hetero) is 1. The molecule has 0 aliphatic carbocycles. The quantitative estimate of drug-likeness (QED) is 0.345. The average Bonchev–Trinajstić information content (AvgIpc) is 3.05. The van der Waals surface area contributed by atoms with Gasteiger partial charge in [-0.2, -0.15) is 0 Å². The first-order valence-corrected chi connectivity index (χ1v) is 10.1. The van der Waals surface area contributed by atoms with Gasteiger partial charge in [0.1, 0.15) is 5.76 Å². The second-order valence-corrected chi connectivity index (χ2v) is 7.66. The first-order valence-electron chi connectivity index (χ1n) is 9.71. The van der Waals surface area contributed by atoms with Crippen molar-refractivity contribution in [2.45, 2.75) is 12.6 Å². The third-order valence-electron chi connectivity index (χ3n) is 5.25. The van der Waals surface area contributed by atoms with E-state index in [0.717, 1.165) is 5.56 Å². The van der Waals surface area contributed by atoms with Crippen molar-refractivity contribution in [3.63, 3.8) is 0 Å². The van der Waals surface area contributed by atoms with Crippen LogP contribution in [-0.2, 0) is 16.1 Å². The number of aromatic hydroxyl groups is 1. The van der Waals surface area contributed by atoms with Crippen molar-refractivity contribution < 1.29 is 24.5 Å². The third kappa shape index (κ3) is 3.90. The maximum Gasteiger partial charge on any atom is 0.295 e. The molecule has 32 heavy (non-hydrogen) atoms. The molecule has 0 bridgehead atoms. The normalized spacial score (nSPS) is 17.6. The molecule has 1 aliphatic rings. The Kier molecular flexibility index (Phi) is 5.83. The standard InChI is InChI=1S/C24H19ClN2O5/c1-32-19-11-16(6-9-18(19)28)21-20(22(29)15-4-7-17(25)8-5-15)23(30)24(31)27(21)13-14-3-2-10-26-12-14/h2-12,21,28-29H,13H2,1H3/b22-20+. The first-order chi connectivity index (χ1) is 15.4. The number of hydrogen-bond donors (Lipinski definition) is 2. The topological polar surface area (TPSA) is 100.0 Å². The van der Waals surface area contributed by atoms with Crippen LogP contribution in [0.5, 0.6) is 11.5 Å². The Morgan fingerprint density at radius 3 is 2.56 bits per heavy atom. The summed E-state index contributed by atoms with van der Waals surface area (Å²) in [5.41, 5.74) is 1.51. The van der Waals surface area contributed by atoms with E-state index in [4.69, 9.17) is 16.3 Å². The number of ether oxygens (including phenoxy) is 1. The fraction of sp³-hybridized carbons (Fsp3) is 0.125. The van der Waals surface area contributed by atoms with Crippen molar-refractivity contribution in [2.24, 2.45) is 0 Å². The summed E-state index contributed by atoms with van der Waals surface area (Å²) < 4.78 is 5.20. The summed E-state index contributed by atoms with van der Waals surface area (Å²) in [6.07, 6.45) is 3.22. The molecule has 2 heterocycles. The predicted octanol–water partition coefficient (Wildman–Crippen LogP) is 4.07. The van der Waals surface area contributed by atoms with Gasteiger partial charge in [0.15, 0.2) is 11.5 Å². The maximum absolute atomic E-state index is 13.1. The van der Waals surface area contributed by atoms with Crippen LogP contribution in [0.15, 0.2) is 72.6 Å². The van der Waals surface area contributed by atoms with E-state index < -0.39 is 17.7 Å². The highest BCUT2D eigenvalue weighted by Gasteiger charge is 2.46. The Bertz CT molecular complexity index is 1210. The lowest BCUT2D eigenvalue weighted by molar-refractivity contribution is -0.140. The van der Waals surface area contributed by atoms with E-state index in [1.807, 2.05) is 0 Å². The van der Waals surface area contributed by atoms with Crippen molar-refractivity contribution >= 4 is 29.1 Å². The van der Waals surface area contributed by atoms with E-state index in [-0.39, 0.29) is 29.4 Å². The lowest BCUT2D eigenvalue weighted by Crippen LogP contribution is -2.29. The van der Waals surface area contributed by atoms with Crippen LogP contribution >= 0.6 is 11.6 Å². The predicted molar refractivity (Wildman–Crippen MR) is 118 cm³/mol. The molecule has 4 rings (SSSR count). The molecule has 8 heteroatoms.